The van der Waals surface area contributed by atoms with E-state index in [0.29, 0.717) is 12.5 Å². The van der Waals surface area contributed by atoms with E-state index < -0.39 is 0 Å². The number of hydrogen-bond acceptors (Lipinski definition) is 4. The van der Waals surface area contributed by atoms with E-state index in [1.807, 2.05) is 43.6 Å². The fraction of sp³-hybridized carbons (Fsp3) is 0.737. The van der Waals surface area contributed by atoms with Gasteiger partial charge in [0.15, 0.2) is 6.10 Å². The first-order valence-corrected chi connectivity index (χ1v) is 9.47. The van der Waals surface area contributed by atoms with Gasteiger partial charge in [-0.05, 0) is 52.5 Å². The SMILES string of the molecule is CO[C@H]1C(=O)N(C(C)C)[C@H]1C1CCN(C(=O)Cn2nc(C)cc2C)CC1. The number of aromatic nitrogens is 2. The van der Waals surface area contributed by atoms with E-state index in [1.54, 1.807) is 11.8 Å². The highest BCUT2D eigenvalue weighted by Gasteiger charge is 2.52. The summed E-state index contributed by atoms with van der Waals surface area (Å²) in [5.74, 6) is 0.594. The molecule has 0 saturated carbocycles. The molecule has 0 N–H and O–H groups in total. The van der Waals surface area contributed by atoms with Gasteiger partial charge in [-0.15, -0.1) is 0 Å². The van der Waals surface area contributed by atoms with Crippen molar-refractivity contribution in [2.24, 2.45) is 5.92 Å². The third kappa shape index (κ3) is 3.37. The molecule has 2 aliphatic heterocycles. The minimum absolute atomic E-state index is 0.0931. The Balaban J connectivity index is 1.57. The molecule has 3 heterocycles. The van der Waals surface area contributed by atoms with Crippen LogP contribution < -0.4 is 0 Å². The second-order valence-electron chi connectivity index (χ2n) is 7.79. The average Bonchev–Trinajstić information content (AvgIpc) is 2.90. The summed E-state index contributed by atoms with van der Waals surface area (Å²) in [4.78, 5) is 28.7. The van der Waals surface area contributed by atoms with Crippen molar-refractivity contribution in [1.29, 1.82) is 0 Å². The zero-order valence-corrected chi connectivity index (χ0v) is 16.4. The quantitative estimate of drug-likeness (QED) is 0.742. The monoisotopic (exact) mass is 362 g/mol. The number of methoxy groups -OCH3 is 1. The van der Waals surface area contributed by atoms with E-state index in [1.165, 1.54) is 0 Å². The van der Waals surface area contributed by atoms with Gasteiger partial charge in [0, 0.05) is 31.9 Å². The summed E-state index contributed by atoms with van der Waals surface area (Å²) in [6.45, 7) is 9.76. The van der Waals surface area contributed by atoms with Gasteiger partial charge >= 0.3 is 0 Å². The number of aryl methyl sites for hydroxylation is 2. The van der Waals surface area contributed by atoms with Crippen molar-refractivity contribution in [1.82, 2.24) is 19.6 Å². The van der Waals surface area contributed by atoms with Crippen LogP contribution in [0.5, 0.6) is 0 Å². The van der Waals surface area contributed by atoms with Gasteiger partial charge in [0.25, 0.3) is 5.91 Å². The summed E-state index contributed by atoms with van der Waals surface area (Å²) in [6.07, 6.45) is 1.49. The summed E-state index contributed by atoms with van der Waals surface area (Å²) < 4.78 is 7.20. The lowest BCUT2D eigenvalue weighted by Gasteiger charge is -2.53. The smallest absolute Gasteiger partial charge is 0.254 e. The largest absolute Gasteiger partial charge is 0.369 e. The lowest BCUT2D eigenvalue weighted by Crippen LogP contribution is -2.70. The fourth-order valence-corrected chi connectivity index (χ4v) is 4.37. The fourth-order valence-electron chi connectivity index (χ4n) is 4.37. The van der Waals surface area contributed by atoms with Crippen molar-refractivity contribution in [3.8, 4) is 0 Å². The molecule has 0 spiro atoms. The molecule has 2 atom stereocenters. The molecule has 0 bridgehead atoms. The number of amides is 2. The number of hydrogen-bond donors (Lipinski definition) is 0. The molecule has 1 aromatic heterocycles. The highest BCUT2D eigenvalue weighted by atomic mass is 16.5. The van der Waals surface area contributed by atoms with Gasteiger partial charge in [-0.1, -0.05) is 0 Å². The zero-order valence-electron chi connectivity index (χ0n) is 16.4. The van der Waals surface area contributed by atoms with Crippen LogP contribution in [0, 0.1) is 19.8 Å². The van der Waals surface area contributed by atoms with Gasteiger partial charge in [0.2, 0.25) is 5.91 Å². The lowest BCUT2D eigenvalue weighted by molar-refractivity contribution is -0.182. The van der Waals surface area contributed by atoms with Crippen LogP contribution in [0.2, 0.25) is 0 Å². The van der Waals surface area contributed by atoms with E-state index in [9.17, 15) is 9.59 Å². The molecule has 1 aromatic rings. The zero-order chi connectivity index (χ0) is 19.0. The molecular formula is C19H30N4O3. The Morgan fingerprint density at radius 2 is 1.96 bits per heavy atom. The molecule has 2 saturated heterocycles. The van der Waals surface area contributed by atoms with Crippen molar-refractivity contribution in [3.63, 3.8) is 0 Å². The highest BCUT2D eigenvalue weighted by Crippen LogP contribution is 2.36. The third-order valence-electron chi connectivity index (χ3n) is 5.70. The maximum atomic E-state index is 12.6. The number of rotatable bonds is 5. The molecule has 2 aliphatic rings. The van der Waals surface area contributed by atoms with Crippen molar-refractivity contribution in [2.45, 2.75) is 65.3 Å². The van der Waals surface area contributed by atoms with Crippen LogP contribution in [0.1, 0.15) is 38.1 Å². The number of likely N-dealkylation sites (tertiary alicyclic amines) is 2. The number of ether oxygens (including phenoxy) is 1. The lowest BCUT2D eigenvalue weighted by atomic mass is 9.79. The molecule has 0 unspecified atom stereocenters. The number of carbonyl (C=O) groups is 2. The summed E-state index contributed by atoms with van der Waals surface area (Å²) >= 11 is 0. The maximum absolute atomic E-state index is 12.6. The van der Waals surface area contributed by atoms with Gasteiger partial charge in [-0.2, -0.15) is 5.10 Å². The molecule has 26 heavy (non-hydrogen) atoms. The van der Waals surface area contributed by atoms with Crippen LogP contribution in [0.3, 0.4) is 0 Å². The first kappa shape index (κ1) is 18.9. The molecule has 7 nitrogen and oxygen atoms in total. The summed E-state index contributed by atoms with van der Waals surface area (Å²) in [5, 5.41) is 4.38. The molecule has 0 aromatic carbocycles. The Hall–Kier alpha value is -1.89. The summed E-state index contributed by atoms with van der Waals surface area (Å²) in [6, 6.07) is 2.31. The van der Waals surface area contributed by atoms with Gasteiger partial charge < -0.3 is 14.5 Å². The van der Waals surface area contributed by atoms with E-state index in [-0.39, 0.29) is 30.0 Å². The van der Waals surface area contributed by atoms with Crippen LogP contribution >= 0.6 is 0 Å². The first-order valence-electron chi connectivity index (χ1n) is 9.47. The van der Waals surface area contributed by atoms with E-state index >= 15 is 0 Å². The Kier molecular flexibility index (Phi) is 5.37. The van der Waals surface area contributed by atoms with Crippen LogP contribution in [-0.2, 0) is 20.9 Å². The normalized spacial score (nSPS) is 24.3. The van der Waals surface area contributed by atoms with Crippen LogP contribution in [0.25, 0.3) is 0 Å². The predicted octanol–water partition coefficient (Wildman–Crippen LogP) is 1.37. The topological polar surface area (TPSA) is 67.7 Å². The number of β-lactam (4-membered cyclic amide) rings is 1. The standard InChI is InChI=1S/C19H30N4O3/c1-12(2)23-17(18(26-5)19(23)25)15-6-8-21(9-7-15)16(24)11-22-14(4)10-13(3)20-22/h10,12,15,17-18H,6-9,11H2,1-5H3/t17-,18+/m0/s1. The first-order chi connectivity index (χ1) is 12.3. The molecular weight excluding hydrogens is 332 g/mol. The number of piperidine rings is 1. The molecule has 2 fully saturated rings. The minimum atomic E-state index is -0.320. The molecule has 0 radical (unpaired) electrons. The number of nitrogens with zero attached hydrogens (tertiary/aromatic N) is 4. The minimum Gasteiger partial charge on any atom is -0.369 e. The van der Waals surface area contributed by atoms with Crippen LogP contribution in [0.4, 0.5) is 0 Å². The Labute approximate surface area is 155 Å². The van der Waals surface area contributed by atoms with E-state index in [0.717, 1.165) is 37.3 Å². The highest BCUT2D eigenvalue weighted by molar-refractivity contribution is 5.88. The molecule has 0 aliphatic carbocycles. The Morgan fingerprint density at radius 1 is 1.31 bits per heavy atom. The van der Waals surface area contributed by atoms with Crippen molar-refractivity contribution in [3.05, 3.63) is 17.5 Å². The van der Waals surface area contributed by atoms with Gasteiger partial charge in [-0.25, -0.2) is 0 Å². The average molecular weight is 362 g/mol. The summed E-state index contributed by atoms with van der Waals surface area (Å²) in [5.41, 5.74) is 1.94. The van der Waals surface area contributed by atoms with Gasteiger partial charge in [-0.3, -0.25) is 14.3 Å². The summed E-state index contributed by atoms with van der Waals surface area (Å²) in [7, 11) is 1.61. The molecule has 3 rings (SSSR count). The van der Waals surface area contributed by atoms with Crippen LogP contribution in [0.15, 0.2) is 6.07 Å². The van der Waals surface area contributed by atoms with Crippen molar-refractivity contribution >= 4 is 11.8 Å². The second kappa shape index (κ2) is 7.39. The molecule has 144 valence electrons. The van der Waals surface area contributed by atoms with Gasteiger partial charge in [0.05, 0.1) is 11.7 Å². The van der Waals surface area contributed by atoms with Crippen molar-refractivity contribution in [2.75, 3.05) is 20.2 Å². The van der Waals surface area contributed by atoms with E-state index in [2.05, 4.69) is 5.10 Å². The maximum Gasteiger partial charge on any atom is 0.254 e. The van der Waals surface area contributed by atoms with Crippen molar-refractivity contribution < 1.29 is 14.3 Å². The Bertz CT molecular complexity index is 676. The molecule has 2 amide bonds. The third-order valence-corrected chi connectivity index (χ3v) is 5.70. The predicted molar refractivity (Wildman–Crippen MR) is 97.6 cm³/mol. The Morgan fingerprint density at radius 3 is 2.46 bits per heavy atom. The van der Waals surface area contributed by atoms with Crippen LogP contribution in [-0.4, -0.2) is 69.8 Å². The second-order valence-corrected chi connectivity index (χ2v) is 7.79. The number of carbonyl (C=O) groups excluding carboxylic acids is 2. The van der Waals surface area contributed by atoms with Gasteiger partial charge in [0.1, 0.15) is 6.54 Å². The van der Waals surface area contributed by atoms with E-state index in [4.69, 9.17) is 4.74 Å². The molecule has 7 heteroatoms.